The van der Waals surface area contributed by atoms with Crippen molar-refractivity contribution in [1.29, 1.82) is 0 Å². The van der Waals surface area contributed by atoms with E-state index in [2.05, 4.69) is 0 Å². The standard InChI is InChI=1S/C19H28N2O5S/c1-4-20(5-2)27(24,25)17-11-9-16(10-12-17)19(23)26-14-18(22)21-13-7-6-8-15(21)3/h9-12,15H,4-8,13-14H2,1-3H3/t15-/m0/s1. The molecule has 0 N–H and O–H groups in total. The maximum absolute atomic E-state index is 12.5. The second kappa shape index (κ2) is 9.32. The van der Waals surface area contributed by atoms with Crippen LogP contribution in [0.1, 0.15) is 50.4 Å². The maximum atomic E-state index is 12.5. The van der Waals surface area contributed by atoms with Crippen LogP contribution in [0.25, 0.3) is 0 Å². The second-order valence-corrected chi connectivity index (χ2v) is 8.56. The van der Waals surface area contributed by atoms with Crippen molar-refractivity contribution in [3.05, 3.63) is 29.8 Å². The minimum absolute atomic E-state index is 0.126. The number of nitrogens with zero attached hydrogens (tertiary/aromatic N) is 2. The van der Waals surface area contributed by atoms with Crippen LogP contribution in [0.5, 0.6) is 0 Å². The molecule has 0 radical (unpaired) electrons. The number of amides is 1. The van der Waals surface area contributed by atoms with Gasteiger partial charge in [-0.05, 0) is 50.5 Å². The van der Waals surface area contributed by atoms with Crippen molar-refractivity contribution in [3.8, 4) is 0 Å². The van der Waals surface area contributed by atoms with Crippen LogP contribution in [0.2, 0.25) is 0 Å². The highest BCUT2D eigenvalue weighted by atomic mass is 32.2. The van der Waals surface area contributed by atoms with Gasteiger partial charge < -0.3 is 9.64 Å². The molecule has 1 heterocycles. The predicted octanol–water partition coefficient (Wildman–Crippen LogP) is 2.27. The summed E-state index contributed by atoms with van der Waals surface area (Å²) in [5.41, 5.74) is 0.216. The highest BCUT2D eigenvalue weighted by Gasteiger charge is 2.25. The van der Waals surface area contributed by atoms with Gasteiger partial charge in [0.1, 0.15) is 0 Å². The van der Waals surface area contributed by atoms with Crippen molar-refractivity contribution in [2.24, 2.45) is 0 Å². The van der Waals surface area contributed by atoms with Crippen LogP contribution < -0.4 is 0 Å². The minimum Gasteiger partial charge on any atom is -0.452 e. The number of sulfonamides is 1. The average Bonchev–Trinajstić information content (AvgIpc) is 2.67. The zero-order chi connectivity index (χ0) is 20.0. The lowest BCUT2D eigenvalue weighted by molar-refractivity contribution is -0.137. The van der Waals surface area contributed by atoms with Gasteiger partial charge in [-0.1, -0.05) is 13.8 Å². The Morgan fingerprint density at radius 1 is 1.15 bits per heavy atom. The first-order valence-electron chi connectivity index (χ1n) is 9.38. The Labute approximate surface area is 161 Å². The topological polar surface area (TPSA) is 84.0 Å². The van der Waals surface area contributed by atoms with Crippen LogP contribution >= 0.6 is 0 Å². The third kappa shape index (κ3) is 5.07. The van der Waals surface area contributed by atoms with Gasteiger partial charge in [0.2, 0.25) is 10.0 Å². The van der Waals surface area contributed by atoms with Gasteiger partial charge in [0, 0.05) is 25.7 Å². The maximum Gasteiger partial charge on any atom is 0.338 e. The number of benzene rings is 1. The molecule has 2 rings (SSSR count). The number of carbonyl (C=O) groups excluding carboxylic acids is 2. The number of piperidine rings is 1. The normalized spacial score (nSPS) is 17.8. The van der Waals surface area contributed by atoms with Gasteiger partial charge in [0.15, 0.2) is 6.61 Å². The van der Waals surface area contributed by atoms with Crippen LogP contribution in [-0.2, 0) is 19.6 Å². The van der Waals surface area contributed by atoms with Gasteiger partial charge in [-0.25, -0.2) is 13.2 Å². The first kappa shape index (κ1) is 21.4. The van der Waals surface area contributed by atoms with Crippen LogP contribution in [0, 0.1) is 0 Å². The van der Waals surface area contributed by atoms with Crippen LogP contribution in [0.3, 0.4) is 0 Å². The number of rotatable bonds is 7. The molecule has 1 fully saturated rings. The largest absolute Gasteiger partial charge is 0.452 e. The first-order valence-corrected chi connectivity index (χ1v) is 10.8. The van der Waals surface area contributed by atoms with Gasteiger partial charge in [0.05, 0.1) is 10.5 Å². The third-order valence-electron chi connectivity index (χ3n) is 4.88. The summed E-state index contributed by atoms with van der Waals surface area (Å²) in [4.78, 5) is 26.3. The second-order valence-electron chi connectivity index (χ2n) is 6.62. The number of likely N-dealkylation sites (tertiary alicyclic amines) is 1. The fourth-order valence-electron chi connectivity index (χ4n) is 3.24. The summed E-state index contributed by atoms with van der Waals surface area (Å²) >= 11 is 0. The molecular formula is C19H28N2O5S. The van der Waals surface area contributed by atoms with E-state index in [1.54, 1.807) is 18.7 Å². The van der Waals surface area contributed by atoms with Gasteiger partial charge >= 0.3 is 5.97 Å². The smallest absolute Gasteiger partial charge is 0.338 e. The molecule has 150 valence electrons. The molecule has 1 aromatic carbocycles. The van der Waals surface area contributed by atoms with Crippen molar-refractivity contribution < 1.29 is 22.7 Å². The third-order valence-corrected chi connectivity index (χ3v) is 6.95. The summed E-state index contributed by atoms with van der Waals surface area (Å²) in [5.74, 6) is -0.837. The van der Waals surface area contributed by atoms with E-state index in [0.29, 0.717) is 19.6 Å². The molecule has 27 heavy (non-hydrogen) atoms. The molecule has 0 bridgehead atoms. The highest BCUT2D eigenvalue weighted by Crippen LogP contribution is 2.18. The summed E-state index contributed by atoms with van der Waals surface area (Å²) in [6, 6.07) is 5.76. The number of hydrogen-bond donors (Lipinski definition) is 0. The number of ether oxygens (including phenoxy) is 1. The van der Waals surface area contributed by atoms with Crippen LogP contribution in [0.4, 0.5) is 0 Å². The Morgan fingerprint density at radius 2 is 1.78 bits per heavy atom. The Hall–Kier alpha value is -1.93. The van der Waals surface area contributed by atoms with Gasteiger partial charge in [0.25, 0.3) is 5.91 Å². The molecule has 0 aliphatic carbocycles. The number of carbonyl (C=O) groups is 2. The fraction of sp³-hybridized carbons (Fsp3) is 0.579. The lowest BCUT2D eigenvalue weighted by Gasteiger charge is -2.33. The van der Waals surface area contributed by atoms with E-state index >= 15 is 0 Å². The molecule has 7 nitrogen and oxygen atoms in total. The van der Waals surface area contributed by atoms with E-state index in [1.165, 1.54) is 28.6 Å². The van der Waals surface area contributed by atoms with E-state index in [9.17, 15) is 18.0 Å². The zero-order valence-electron chi connectivity index (χ0n) is 16.2. The first-order chi connectivity index (χ1) is 12.8. The molecule has 1 amide bonds. The molecule has 0 aromatic heterocycles. The Morgan fingerprint density at radius 3 is 2.33 bits per heavy atom. The molecule has 1 atom stereocenters. The van der Waals surface area contributed by atoms with Crippen molar-refractivity contribution in [1.82, 2.24) is 9.21 Å². The molecule has 0 saturated carbocycles. The monoisotopic (exact) mass is 396 g/mol. The highest BCUT2D eigenvalue weighted by molar-refractivity contribution is 7.89. The predicted molar refractivity (Wildman–Crippen MR) is 102 cm³/mol. The van der Waals surface area contributed by atoms with Gasteiger partial charge in [-0.2, -0.15) is 4.31 Å². The quantitative estimate of drug-likeness (QED) is 0.660. The van der Waals surface area contributed by atoms with Crippen molar-refractivity contribution >= 4 is 21.9 Å². The molecular weight excluding hydrogens is 368 g/mol. The zero-order valence-corrected chi connectivity index (χ0v) is 17.0. The summed E-state index contributed by atoms with van der Waals surface area (Å²) < 4.78 is 31.4. The fourth-order valence-corrected chi connectivity index (χ4v) is 4.70. The van der Waals surface area contributed by atoms with Crippen molar-refractivity contribution in [2.45, 2.75) is 51.0 Å². The summed E-state index contributed by atoms with van der Waals surface area (Å²) in [7, 11) is -3.57. The van der Waals surface area contributed by atoms with E-state index in [-0.39, 0.29) is 29.0 Å². The molecule has 1 aromatic rings. The SMILES string of the molecule is CCN(CC)S(=O)(=O)c1ccc(C(=O)OCC(=O)N2CCCC[C@@H]2C)cc1. The molecule has 1 aliphatic rings. The molecule has 1 aliphatic heterocycles. The van der Waals surface area contributed by atoms with E-state index in [4.69, 9.17) is 4.74 Å². The van der Waals surface area contributed by atoms with E-state index in [0.717, 1.165) is 19.3 Å². The molecule has 0 unspecified atom stereocenters. The minimum atomic E-state index is -3.57. The van der Waals surface area contributed by atoms with Crippen LogP contribution in [0.15, 0.2) is 29.2 Å². The van der Waals surface area contributed by atoms with Gasteiger partial charge in [-0.15, -0.1) is 0 Å². The van der Waals surface area contributed by atoms with E-state index in [1.807, 2.05) is 6.92 Å². The Bertz CT molecular complexity index is 757. The lowest BCUT2D eigenvalue weighted by Crippen LogP contribution is -2.44. The molecule has 1 saturated heterocycles. The van der Waals surface area contributed by atoms with Crippen molar-refractivity contribution in [2.75, 3.05) is 26.2 Å². The Kier molecular flexibility index (Phi) is 7.38. The van der Waals surface area contributed by atoms with Crippen molar-refractivity contribution in [3.63, 3.8) is 0 Å². The Balaban J connectivity index is 1.98. The summed E-state index contributed by atoms with van der Waals surface area (Å²) in [5, 5.41) is 0. The lowest BCUT2D eigenvalue weighted by atomic mass is 10.0. The molecule has 0 spiro atoms. The molecule has 8 heteroatoms. The van der Waals surface area contributed by atoms with E-state index < -0.39 is 16.0 Å². The number of esters is 1. The average molecular weight is 397 g/mol. The summed E-state index contributed by atoms with van der Waals surface area (Å²) in [6.07, 6.45) is 3.03. The van der Waals surface area contributed by atoms with Gasteiger partial charge in [-0.3, -0.25) is 4.79 Å². The van der Waals surface area contributed by atoms with Crippen LogP contribution in [-0.4, -0.2) is 61.8 Å². The summed E-state index contributed by atoms with van der Waals surface area (Å²) in [6.45, 7) is 6.67. The number of hydrogen-bond acceptors (Lipinski definition) is 5.